The molecule has 0 unspecified atom stereocenters. The first-order chi connectivity index (χ1) is 14.9. The van der Waals surface area contributed by atoms with Gasteiger partial charge in [0.2, 0.25) is 0 Å². The Balaban J connectivity index is 2.19. The molecule has 0 aliphatic heterocycles. The predicted octanol–water partition coefficient (Wildman–Crippen LogP) is 5.05. The summed E-state index contributed by atoms with van der Waals surface area (Å²) in [5.41, 5.74) is 7.74. The SMILES string of the molecule is CC(C)(C)OC(=O)N(CCc1ccccc1)CCC(C)(C)c1cc(C(=O)OO)ccc1N. The molecule has 0 aliphatic rings. The summed E-state index contributed by atoms with van der Waals surface area (Å²) in [4.78, 5) is 30.2. The summed E-state index contributed by atoms with van der Waals surface area (Å²) in [6.07, 6.45) is 0.929. The zero-order valence-electron chi connectivity index (χ0n) is 19.6. The van der Waals surface area contributed by atoms with Gasteiger partial charge in [0.1, 0.15) is 5.60 Å². The topological polar surface area (TPSA) is 102 Å². The average molecular weight is 443 g/mol. The van der Waals surface area contributed by atoms with Crippen molar-refractivity contribution in [2.75, 3.05) is 18.8 Å². The third-order valence-corrected chi connectivity index (χ3v) is 5.27. The molecule has 0 radical (unpaired) electrons. The minimum Gasteiger partial charge on any atom is -0.444 e. The standard InChI is InChI=1S/C25H34N2O5/c1-24(2,3)31-23(29)27(15-13-18-9-7-6-8-10-18)16-14-25(4,5)20-17-19(22(28)32-30)11-12-21(20)26/h6-12,17,30H,13-16,26H2,1-5H3. The first kappa shape index (κ1) is 25.2. The van der Waals surface area contributed by atoms with Crippen LogP contribution in [-0.2, 0) is 21.5 Å². The second kappa shape index (κ2) is 10.5. The number of amides is 1. The Morgan fingerprint density at radius 2 is 1.66 bits per heavy atom. The van der Waals surface area contributed by atoms with Crippen molar-refractivity contribution in [3.63, 3.8) is 0 Å². The molecule has 7 heteroatoms. The van der Waals surface area contributed by atoms with Gasteiger partial charge in [0.05, 0.1) is 5.56 Å². The van der Waals surface area contributed by atoms with E-state index >= 15 is 0 Å². The molecule has 0 aromatic heterocycles. The zero-order valence-corrected chi connectivity index (χ0v) is 19.6. The minimum atomic E-state index is -0.847. The molecule has 7 nitrogen and oxygen atoms in total. The summed E-state index contributed by atoms with van der Waals surface area (Å²) in [6, 6.07) is 14.7. The third kappa shape index (κ3) is 7.27. The van der Waals surface area contributed by atoms with Crippen LogP contribution in [0, 0.1) is 0 Å². The Labute approximate surface area is 190 Å². The van der Waals surface area contributed by atoms with Gasteiger partial charge in [-0.3, -0.25) is 4.89 Å². The summed E-state index contributed by atoms with van der Waals surface area (Å²) in [5.74, 6) is -0.847. The molecule has 174 valence electrons. The highest BCUT2D eigenvalue weighted by Gasteiger charge is 2.28. The van der Waals surface area contributed by atoms with Gasteiger partial charge in [0, 0.05) is 18.8 Å². The number of anilines is 1. The van der Waals surface area contributed by atoms with Crippen LogP contribution in [0.4, 0.5) is 10.5 Å². The Kier molecular flexibility index (Phi) is 8.27. The van der Waals surface area contributed by atoms with E-state index in [0.29, 0.717) is 31.6 Å². The highest BCUT2D eigenvalue weighted by atomic mass is 17.1. The summed E-state index contributed by atoms with van der Waals surface area (Å²) in [6.45, 7) is 10.5. The van der Waals surface area contributed by atoms with Gasteiger partial charge in [-0.25, -0.2) is 9.59 Å². The number of benzene rings is 2. The monoisotopic (exact) mass is 442 g/mol. The molecular formula is C25H34N2O5. The Hall–Kier alpha value is -3.06. The third-order valence-electron chi connectivity index (χ3n) is 5.27. The molecular weight excluding hydrogens is 408 g/mol. The van der Waals surface area contributed by atoms with Gasteiger partial charge in [-0.05, 0) is 68.4 Å². The first-order valence-corrected chi connectivity index (χ1v) is 10.7. The lowest BCUT2D eigenvalue weighted by atomic mass is 9.79. The fourth-order valence-corrected chi connectivity index (χ4v) is 3.40. The van der Waals surface area contributed by atoms with Gasteiger partial charge < -0.3 is 15.4 Å². The maximum Gasteiger partial charge on any atom is 0.410 e. The van der Waals surface area contributed by atoms with E-state index in [1.165, 1.54) is 6.07 Å². The van der Waals surface area contributed by atoms with Crippen molar-refractivity contribution in [3.05, 3.63) is 65.2 Å². The van der Waals surface area contributed by atoms with Crippen molar-refractivity contribution < 1.29 is 24.5 Å². The largest absolute Gasteiger partial charge is 0.444 e. The van der Waals surface area contributed by atoms with E-state index in [9.17, 15) is 9.59 Å². The van der Waals surface area contributed by atoms with Gasteiger partial charge in [-0.15, -0.1) is 0 Å². The molecule has 0 saturated carbocycles. The molecule has 2 aromatic carbocycles. The highest BCUT2D eigenvalue weighted by molar-refractivity contribution is 5.89. The van der Waals surface area contributed by atoms with Crippen LogP contribution in [0.3, 0.4) is 0 Å². The smallest absolute Gasteiger partial charge is 0.410 e. The molecule has 0 aliphatic carbocycles. The number of carbonyl (C=O) groups is 2. The predicted molar refractivity (Wildman–Crippen MR) is 124 cm³/mol. The van der Waals surface area contributed by atoms with E-state index in [2.05, 4.69) is 4.89 Å². The molecule has 1 amide bonds. The van der Waals surface area contributed by atoms with Crippen molar-refractivity contribution in [1.29, 1.82) is 0 Å². The van der Waals surface area contributed by atoms with Crippen molar-refractivity contribution >= 4 is 17.7 Å². The fourth-order valence-electron chi connectivity index (χ4n) is 3.40. The highest BCUT2D eigenvalue weighted by Crippen LogP contribution is 2.33. The van der Waals surface area contributed by atoms with Gasteiger partial charge in [0.15, 0.2) is 0 Å². The van der Waals surface area contributed by atoms with Crippen LogP contribution in [0.25, 0.3) is 0 Å². The lowest BCUT2D eigenvalue weighted by Gasteiger charge is -2.32. The quantitative estimate of drug-likeness (QED) is 0.337. The van der Waals surface area contributed by atoms with Crippen molar-refractivity contribution in [2.24, 2.45) is 0 Å². The maximum absolute atomic E-state index is 12.9. The van der Waals surface area contributed by atoms with Gasteiger partial charge in [-0.2, -0.15) is 5.26 Å². The van der Waals surface area contributed by atoms with Crippen molar-refractivity contribution in [1.82, 2.24) is 4.90 Å². The van der Waals surface area contributed by atoms with E-state index < -0.39 is 17.0 Å². The van der Waals surface area contributed by atoms with Crippen LogP contribution in [0.1, 0.15) is 62.5 Å². The van der Waals surface area contributed by atoms with Crippen LogP contribution in [-0.4, -0.2) is 40.9 Å². The lowest BCUT2D eigenvalue weighted by molar-refractivity contribution is -0.182. The van der Waals surface area contributed by atoms with Crippen LogP contribution < -0.4 is 5.73 Å². The number of hydrogen-bond acceptors (Lipinski definition) is 6. The van der Waals surface area contributed by atoms with E-state index in [1.807, 2.05) is 65.0 Å². The van der Waals surface area contributed by atoms with Crippen LogP contribution in [0.2, 0.25) is 0 Å². The van der Waals surface area contributed by atoms with Crippen molar-refractivity contribution in [2.45, 2.75) is 58.5 Å². The average Bonchev–Trinajstić information content (AvgIpc) is 2.72. The molecule has 0 spiro atoms. The van der Waals surface area contributed by atoms with Crippen LogP contribution in [0.5, 0.6) is 0 Å². The molecule has 32 heavy (non-hydrogen) atoms. The molecule has 3 N–H and O–H groups in total. The fraction of sp³-hybridized carbons (Fsp3) is 0.440. The molecule has 0 fully saturated rings. The second-order valence-electron chi connectivity index (χ2n) is 9.52. The minimum absolute atomic E-state index is 0.206. The molecule has 0 heterocycles. The first-order valence-electron chi connectivity index (χ1n) is 10.7. The van der Waals surface area contributed by atoms with E-state index in [1.54, 1.807) is 17.0 Å². The number of carbonyl (C=O) groups excluding carboxylic acids is 2. The summed E-state index contributed by atoms with van der Waals surface area (Å²) < 4.78 is 5.62. The number of rotatable bonds is 8. The van der Waals surface area contributed by atoms with Crippen LogP contribution >= 0.6 is 0 Å². The van der Waals surface area contributed by atoms with Gasteiger partial charge in [0.25, 0.3) is 0 Å². The molecule has 2 rings (SSSR count). The summed E-state index contributed by atoms with van der Waals surface area (Å²) >= 11 is 0. The lowest BCUT2D eigenvalue weighted by Crippen LogP contribution is -2.40. The Bertz CT molecular complexity index is 920. The summed E-state index contributed by atoms with van der Waals surface area (Å²) in [5, 5.41) is 8.70. The Morgan fingerprint density at radius 3 is 2.25 bits per heavy atom. The molecule has 0 saturated heterocycles. The molecule has 0 atom stereocenters. The van der Waals surface area contributed by atoms with Gasteiger partial charge >= 0.3 is 12.1 Å². The molecule has 2 aromatic rings. The van der Waals surface area contributed by atoms with Gasteiger partial charge in [-0.1, -0.05) is 44.2 Å². The maximum atomic E-state index is 12.9. The zero-order chi connectivity index (χ0) is 23.9. The number of nitrogens with zero attached hydrogens (tertiary/aromatic N) is 1. The second-order valence-corrected chi connectivity index (χ2v) is 9.52. The number of ether oxygens (including phenoxy) is 1. The van der Waals surface area contributed by atoms with E-state index in [-0.39, 0.29) is 11.7 Å². The number of nitrogens with two attached hydrogens (primary N) is 1. The van der Waals surface area contributed by atoms with Crippen molar-refractivity contribution in [3.8, 4) is 0 Å². The normalized spacial score (nSPS) is 11.7. The van der Waals surface area contributed by atoms with E-state index in [4.69, 9.17) is 15.7 Å². The summed E-state index contributed by atoms with van der Waals surface area (Å²) in [7, 11) is 0. The van der Waals surface area contributed by atoms with E-state index in [0.717, 1.165) is 11.1 Å². The number of hydrogen-bond donors (Lipinski definition) is 2. The molecule has 0 bridgehead atoms. The van der Waals surface area contributed by atoms with Crippen LogP contribution in [0.15, 0.2) is 48.5 Å². The Morgan fingerprint density at radius 1 is 1.00 bits per heavy atom. The number of nitrogen functional groups attached to an aromatic ring is 1.